The van der Waals surface area contributed by atoms with Gasteiger partial charge in [-0.05, 0) is 40.0 Å². The molecular formula is C13H22O. The molecule has 0 saturated carbocycles. The summed E-state index contributed by atoms with van der Waals surface area (Å²) in [6.07, 6.45) is 8.24. The van der Waals surface area contributed by atoms with Gasteiger partial charge in [0.15, 0.2) is 0 Å². The number of hydrogen-bond acceptors (Lipinski definition) is 1. The number of aliphatic hydroxyl groups is 1. The van der Waals surface area contributed by atoms with Gasteiger partial charge in [-0.3, -0.25) is 0 Å². The van der Waals surface area contributed by atoms with Crippen LogP contribution in [0.1, 0.15) is 40.0 Å². The standard InChI is InChI=1S/C13H22O/c1-5-7-13(14)10-12(4)9-6-8-11(2)3/h5,8,10,13-14H,1,6-7,9H2,2-4H3. The lowest BCUT2D eigenvalue weighted by Crippen LogP contribution is -2.00. The Morgan fingerprint density at radius 2 is 2.00 bits per heavy atom. The number of aliphatic hydroxyl groups excluding tert-OH is 1. The van der Waals surface area contributed by atoms with E-state index in [1.165, 1.54) is 11.1 Å². The van der Waals surface area contributed by atoms with E-state index < -0.39 is 0 Å². The molecular weight excluding hydrogens is 172 g/mol. The Balaban J connectivity index is 3.88. The van der Waals surface area contributed by atoms with Gasteiger partial charge in [0.05, 0.1) is 6.10 Å². The summed E-state index contributed by atoms with van der Waals surface area (Å²) in [5.74, 6) is 0. The van der Waals surface area contributed by atoms with Gasteiger partial charge < -0.3 is 5.11 Å². The minimum absolute atomic E-state index is 0.362. The highest BCUT2D eigenvalue weighted by atomic mass is 16.3. The molecule has 0 aromatic heterocycles. The molecule has 0 aromatic carbocycles. The van der Waals surface area contributed by atoms with Gasteiger partial charge in [-0.1, -0.05) is 29.4 Å². The van der Waals surface area contributed by atoms with Crippen LogP contribution in [0.3, 0.4) is 0 Å². The Morgan fingerprint density at radius 3 is 2.50 bits per heavy atom. The maximum atomic E-state index is 9.47. The highest BCUT2D eigenvalue weighted by molar-refractivity contribution is 5.05. The zero-order valence-corrected chi connectivity index (χ0v) is 9.59. The number of hydrogen-bond donors (Lipinski definition) is 1. The van der Waals surface area contributed by atoms with E-state index in [-0.39, 0.29) is 6.10 Å². The van der Waals surface area contributed by atoms with Gasteiger partial charge in [0.1, 0.15) is 0 Å². The van der Waals surface area contributed by atoms with Crippen LogP contribution in [0.4, 0.5) is 0 Å². The van der Waals surface area contributed by atoms with E-state index >= 15 is 0 Å². The Hall–Kier alpha value is -0.820. The van der Waals surface area contributed by atoms with E-state index in [2.05, 4.69) is 33.4 Å². The van der Waals surface area contributed by atoms with Gasteiger partial charge in [-0.25, -0.2) is 0 Å². The Bertz CT molecular complexity index is 219. The Kier molecular flexibility index (Phi) is 7.13. The van der Waals surface area contributed by atoms with Gasteiger partial charge in [-0.2, -0.15) is 0 Å². The largest absolute Gasteiger partial charge is 0.389 e. The second-order valence-electron chi connectivity index (χ2n) is 3.92. The van der Waals surface area contributed by atoms with Crippen molar-refractivity contribution in [2.75, 3.05) is 0 Å². The molecule has 1 atom stereocenters. The minimum Gasteiger partial charge on any atom is -0.389 e. The third-order valence-corrected chi connectivity index (χ3v) is 1.98. The summed E-state index contributed by atoms with van der Waals surface area (Å²) >= 11 is 0. The molecule has 80 valence electrons. The lowest BCUT2D eigenvalue weighted by atomic mass is 10.1. The third-order valence-electron chi connectivity index (χ3n) is 1.98. The monoisotopic (exact) mass is 194 g/mol. The number of allylic oxidation sites excluding steroid dienone is 3. The smallest absolute Gasteiger partial charge is 0.0757 e. The Morgan fingerprint density at radius 1 is 1.36 bits per heavy atom. The maximum Gasteiger partial charge on any atom is 0.0757 e. The Labute approximate surface area is 87.8 Å². The summed E-state index contributed by atoms with van der Waals surface area (Å²) in [7, 11) is 0. The van der Waals surface area contributed by atoms with Crippen LogP contribution in [0, 0.1) is 0 Å². The molecule has 0 aliphatic rings. The number of rotatable bonds is 6. The molecule has 14 heavy (non-hydrogen) atoms. The molecule has 0 aromatic rings. The van der Waals surface area contributed by atoms with E-state index in [1.807, 2.05) is 6.08 Å². The van der Waals surface area contributed by atoms with Crippen LogP contribution in [0.5, 0.6) is 0 Å². The van der Waals surface area contributed by atoms with Gasteiger partial charge in [-0.15, -0.1) is 6.58 Å². The average Bonchev–Trinajstić information content (AvgIpc) is 2.03. The molecule has 0 radical (unpaired) electrons. The highest BCUT2D eigenvalue weighted by Crippen LogP contribution is 2.08. The molecule has 0 amide bonds. The van der Waals surface area contributed by atoms with Gasteiger partial charge in [0, 0.05) is 0 Å². The van der Waals surface area contributed by atoms with Crippen molar-refractivity contribution >= 4 is 0 Å². The van der Waals surface area contributed by atoms with Crippen molar-refractivity contribution < 1.29 is 5.11 Å². The molecule has 1 N–H and O–H groups in total. The molecule has 1 heteroatoms. The van der Waals surface area contributed by atoms with Crippen molar-refractivity contribution in [3.8, 4) is 0 Å². The van der Waals surface area contributed by atoms with Crippen LogP contribution < -0.4 is 0 Å². The van der Waals surface area contributed by atoms with E-state index in [0.717, 1.165) is 12.8 Å². The molecule has 0 saturated heterocycles. The van der Waals surface area contributed by atoms with Crippen LogP contribution in [0.2, 0.25) is 0 Å². The molecule has 0 heterocycles. The zero-order valence-electron chi connectivity index (χ0n) is 9.59. The van der Waals surface area contributed by atoms with Crippen molar-refractivity contribution in [2.24, 2.45) is 0 Å². The molecule has 0 spiro atoms. The molecule has 0 rings (SSSR count). The summed E-state index contributed by atoms with van der Waals surface area (Å²) in [5.41, 5.74) is 2.60. The molecule has 0 fully saturated rings. The van der Waals surface area contributed by atoms with Gasteiger partial charge in [0.2, 0.25) is 0 Å². The van der Waals surface area contributed by atoms with Gasteiger partial charge in [0.25, 0.3) is 0 Å². The SMILES string of the molecule is C=CCC(O)C=C(C)CCC=C(C)C. The minimum atomic E-state index is -0.362. The fourth-order valence-corrected chi connectivity index (χ4v) is 1.24. The quantitative estimate of drug-likeness (QED) is 0.640. The topological polar surface area (TPSA) is 20.2 Å². The fraction of sp³-hybridized carbons (Fsp3) is 0.538. The van der Waals surface area contributed by atoms with Crippen molar-refractivity contribution in [3.63, 3.8) is 0 Å². The second-order valence-corrected chi connectivity index (χ2v) is 3.92. The first-order valence-electron chi connectivity index (χ1n) is 5.16. The molecule has 1 unspecified atom stereocenters. The average molecular weight is 194 g/mol. The summed E-state index contributed by atoms with van der Waals surface area (Å²) < 4.78 is 0. The van der Waals surface area contributed by atoms with Crippen LogP contribution >= 0.6 is 0 Å². The highest BCUT2D eigenvalue weighted by Gasteiger charge is 1.97. The first-order chi connectivity index (χ1) is 6.56. The van der Waals surface area contributed by atoms with Crippen LogP contribution in [0.25, 0.3) is 0 Å². The van der Waals surface area contributed by atoms with E-state index in [0.29, 0.717) is 6.42 Å². The molecule has 0 bridgehead atoms. The van der Waals surface area contributed by atoms with E-state index in [1.54, 1.807) is 6.08 Å². The van der Waals surface area contributed by atoms with Crippen molar-refractivity contribution in [1.82, 2.24) is 0 Å². The molecule has 0 aliphatic heterocycles. The van der Waals surface area contributed by atoms with E-state index in [4.69, 9.17) is 0 Å². The van der Waals surface area contributed by atoms with Crippen molar-refractivity contribution in [2.45, 2.75) is 46.1 Å². The summed E-state index contributed by atoms with van der Waals surface area (Å²) in [6.45, 7) is 9.86. The van der Waals surface area contributed by atoms with Crippen LogP contribution in [0.15, 0.2) is 36.0 Å². The lowest BCUT2D eigenvalue weighted by molar-refractivity contribution is 0.226. The summed E-state index contributed by atoms with van der Waals surface area (Å²) in [5, 5.41) is 9.47. The predicted molar refractivity (Wildman–Crippen MR) is 63.2 cm³/mol. The lowest BCUT2D eigenvalue weighted by Gasteiger charge is -2.04. The zero-order chi connectivity index (χ0) is 11.0. The van der Waals surface area contributed by atoms with Crippen LogP contribution in [-0.4, -0.2) is 11.2 Å². The first kappa shape index (κ1) is 13.2. The van der Waals surface area contributed by atoms with Crippen molar-refractivity contribution in [3.05, 3.63) is 36.0 Å². The first-order valence-corrected chi connectivity index (χ1v) is 5.16. The normalized spacial score (nSPS) is 13.6. The molecule has 0 aliphatic carbocycles. The summed E-state index contributed by atoms with van der Waals surface area (Å²) in [6, 6.07) is 0. The van der Waals surface area contributed by atoms with E-state index in [9.17, 15) is 5.11 Å². The maximum absolute atomic E-state index is 9.47. The van der Waals surface area contributed by atoms with Crippen LogP contribution in [-0.2, 0) is 0 Å². The van der Waals surface area contributed by atoms with Crippen molar-refractivity contribution in [1.29, 1.82) is 0 Å². The second kappa shape index (κ2) is 7.57. The predicted octanol–water partition coefficient (Wildman–Crippen LogP) is 3.62. The third kappa shape index (κ3) is 7.81. The molecule has 1 nitrogen and oxygen atoms in total. The fourth-order valence-electron chi connectivity index (χ4n) is 1.24. The van der Waals surface area contributed by atoms with Gasteiger partial charge >= 0.3 is 0 Å². The summed E-state index contributed by atoms with van der Waals surface area (Å²) in [4.78, 5) is 0.